The van der Waals surface area contributed by atoms with Crippen molar-refractivity contribution in [2.75, 3.05) is 4.72 Å². The van der Waals surface area contributed by atoms with E-state index in [1.165, 1.54) is 12.1 Å². The second-order valence-corrected chi connectivity index (χ2v) is 7.46. The third-order valence-corrected chi connectivity index (χ3v) is 4.96. The van der Waals surface area contributed by atoms with Gasteiger partial charge in [-0.2, -0.15) is 14.0 Å². The normalized spacial score (nSPS) is 16.1. The van der Waals surface area contributed by atoms with Crippen LogP contribution in [0.5, 0.6) is 11.5 Å². The largest absolute Gasteiger partial charge is 0.457 e. The lowest BCUT2D eigenvalue weighted by atomic mass is 10.1. The average Bonchev–Trinajstić information content (AvgIpc) is 2.99. The number of halogens is 4. The second kappa shape index (κ2) is 7.08. The Kier molecular flexibility index (Phi) is 4.97. The highest BCUT2D eigenvalue weighted by Gasteiger charge is 2.32. The third-order valence-electron chi connectivity index (χ3n) is 3.99. The van der Waals surface area contributed by atoms with Crippen molar-refractivity contribution in [3.8, 4) is 17.6 Å². The van der Waals surface area contributed by atoms with Crippen LogP contribution in [0.2, 0.25) is 0 Å². The van der Waals surface area contributed by atoms with Gasteiger partial charge in [0.05, 0.1) is 17.3 Å². The number of fused-ring (bicyclic) bond motifs is 1. The zero-order chi connectivity index (χ0) is 19.8. The van der Waals surface area contributed by atoms with Gasteiger partial charge >= 0.3 is 5.76 Å². The van der Waals surface area contributed by atoms with Crippen LogP contribution in [0.1, 0.15) is 29.3 Å². The number of nitrogens with one attached hydrogen (secondary N) is 1. The predicted octanol–water partition coefficient (Wildman–Crippen LogP) is 4.41. The van der Waals surface area contributed by atoms with Gasteiger partial charge in [0.1, 0.15) is 23.5 Å². The standard InChI is InChI=1S/C17H12F4N2O3S/c18-10-5-9(8-22)6-11(7-10)26-15-4-3-14(23-27(24,25)17(20)21)16-12(15)1-2-13(16)19/h3-7,13,17,23H,1-2H2. The van der Waals surface area contributed by atoms with Crippen molar-refractivity contribution in [1.29, 1.82) is 5.26 Å². The second-order valence-electron chi connectivity index (χ2n) is 5.81. The van der Waals surface area contributed by atoms with Crippen molar-refractivity contribution < 1.29 is 30.7 Å². The van der Waals surface area contributed by atoms with Crippen molar-refractivity contribution >= 4 is 15.7 Å². The van der Waals surface area contributed by atoms with E-state index in [9.17, 15) is 26.0 Å². The molecule has 0 amide bonds. The van der Waals surface area contributed by atoms with E-state index in [1.54, 1.807) is 10.8 Å². The molecular weight excluding hydrogens is 388 g/mol. The van der Waals surface area contributed by atoms with E-state index in [0.29, 0.717) is 5.56 Å². The summed E-state index contributed by atoms with van der Waals surface area (Å²) in [4.78, 5) is 0. The lowest BCUT2D eigenvalue weighted by Gasteiger charge is -2.16. The predicted molar refractivity (Wildman–Crippen MR) is 88.3 cm³/mol. The van der Waals surface area contributed by atoms with Gasteiger partial charge in [-0.05, 0) is 37.1 Å². The smallest absolute Gasteiger partial charge is 0.355 e. The van der Waals surface area contributed by atoms with Crippen molar-refractivity contribution in [2.45, 2.75) is 24.8 Å². The summed E-state index contributed by atoms with van der Waals surface area (Å²) in [6, 6.07) is 7.48. The molecule has 1 aliphatic carbocycles. The number of sulfonamides is 1. The van der Waals surface area contributed by atoms with Crippen molar-refractivity contribution in [3.05, 3.63) is 52.8 Å². The average molecular weight is 400 g/mol. The van der Waals surface area contributed by atoms with Crippen LogP contribution in [0.15, 0.2) is 30.3 Å². The topological polar surface area (TPSA) is 79.2 Å². The van der Waals surface area contributed by atoms with Crippen LogP contribution in [0.25, 0.3) is 0 Å². The van der Waals surface area contributed by atoms with Gasteiger partial charge < -0.3 is 4.74 Å². The molecule has 0 heterocycles. The van der Waals surface area contributed by atoms with Crippen LogP contribution in [-0.4, -0.2) is 14.2 Å². The molecule has 1 aliphatic rings. The van der Waals surface area contributed by atoms with Gasteiger partial charge in [-0.25, -0.2) is 17.2 Å². The molecule has 10 heteroatoms. The highest BCUT2D eigenvalue weighted by molar-refractivity contribution is 7.93. The lowest BCUT2D eigenvalue weighted by molar-refractivity contribution is 0.236. The fourth-order valence-electron chi connectivity index (χ4n) is 2.87. The number of rotatable bonds is 5. The molecule has 0 fully saturated rings. The first-order valence-electron chi connectivity index (χ1n) is 7.69. The molecule has 27 heavy (non-hydrogen) atoms. The SMILES string of the molecule is N#Cc1cc(F)cc(Oc2ccc(NS(=O)(=O)C(F)F)c3c2CCC3F)c1. The van der Waals surface area contributed by atoms with E-state index in [1.807, 2.05) is 0 Å². The van der Waals surface area contributed by atoms with E-state index in [0.717, 1.165) is 18.2 Å². The minimum absolute atomic E-state index is 0.00281. The number of benzene rings is 2. The number of hydrogen-bond acceptors (Lipinski definition) is 4. The first kappa shape index (κ1) is 19.0. The van der Waals surface area contributed by atoms with E-state index >= 15 is 0 Å². The highest BCUT2D eigenvalue weighted by Crippen LogP contribution is 2.45. The summed E-state index contributed by atoms with van der Waals surface area (Å²) in [5.74, 6) is -4.25. The molecule has 0 aromatic heterocycles. The van der Waals surface area contributed by atoms with Crippen molar-refractivity contribution in [3.63, 3.8) is 0 Å². The number of hydrogen-bond donors (Lipinski definition) is 1. The Morgan fingerprint density at radius 3 is 2.67 bits per heavy atom. The molecule has 1 atom stereocenters. The molecule has 0 aliphatic heterocycles. The molecule has 0 radical (unpaired) electrons. The molecule has 1 N–H and O–H groups in total. The van der Waals surface area contributed by atoms with Crippen LogP contribution in [0.4, 0.5) is 23.2 Å². The number of ether oxygens (including phenoxy) is 1. The van der Waals surface area contributed by atoms with E-state index in [4.69, 9.17) is 10.00 Å². The molecule has 0 spiro atoms. The fourth-order valence-corrected chi connectivity index (χ4v) is 3.44. The zero-order valence-electron chi connectivity index (χ0n) is 13.5. The summed E-state index contributed by atoms with van der Waals surface area (Å²) < 4.78 is 83.0. The quantitative estimate of drug-likeness (QED) is 0.754. The maximum Gasteiger partial charge on any atom is 0.355 e. The Morgan fingerprint density at radius 1 is 1.26 bits per heavy atom. The fraction of sp³-hybridized carbons (Fsp3) is 0.235. The minimum atomic E-state index is -4.96. The molecule has 0 bridgehead atoms. The summed E-state index contributed by atoms with van der Waals surface area (Å²) in [7, 11) is -4.96. The minimum Gasteiger partial charge on any atom is -0.457 e. The van der Waals surface area contributed by atoms with E-state index in [-0.39, 0.29) is 41.2 Å². The molecule has 2 aromatic carbocycles. The Bertz CT molecular complexity index is 1040. The van der Waals surface area contributed by atoms with E-state index in [2.05, 4.69) is 0 Å². The molecular formula is C17H12F4N2O3S. The van der Waals surface area contributed by atoms with E-state index < -0.39 is 27.8 Å². The molecule has 2 aromatic rings. The van der Waals surface area contributed by atoms with Gasteiger partial charge in [-0.1, -0.05) is 0 Å². The molecule has 3 rings (SSSR count). The van der Waals surface area contributed by atoms with Crippen molar-refractivity contribution in [2.24, 2.45) is 0 Å². The maximum atomic E-state index is 14.3. The van der Waals surface area contributed by atoms with Gasteiger partial charge in [0, 0.05) is 17.2 Å². The van der Waals surface area contributed by atoms with Gasteiger partial charge in [-0.15, -0.1) is 0 Å². The Hall–Kier alpha value is -2.80. The first-order chi connectivity index (χ1) is 12.7. The summed E-state index contributed by atoms with van der Waals surface area (Å²) in [6.45, 7) is 0. The van der Waals surface area contributed by atoms with Crippen LogP contribution < -0.4 is 9.46 Å². The maximum absolute atomic E-state index is 14.3. The number of nitrogens with zero attached hydrogens (tertiary/aromatic N) is 1. The lowest BCUT2D eigenvalue weighted by Crippen LogP contribution is -2.21. The zero-order valence-corrected chi connectivity index (χ0v) is 14.4. The summed E-state index contributed by atoms with van der Waals surface area (Å²) in [6.07, 6.45) is -1.37. The molecule has 142 valence electrons. The Labute approximate surface area is 152 Å². The number of anilines is 1. The van der Waals surface area contributed by atoms with Gasteiger partial charge in [0.25, 0.3) is 10.0 Å². The first-order valence-corrected chi connectivity index (χ1v) is 9.24. The third kappa shape index (κ3) is 3.83. The van der Waals surface area contributed by atoms with Gasteiger partial charge in [0.15, 0.2) is 0 Å². The van der Waals surface area contributed by atoms with Crippen LogP contribution >= 0.6 is 0 Å². The monoisotopic (exact) mass is 400 g/mol. The van der Waals surface area contributed by atoms with Crippen LogP contribution in [-0.2, 0) is 16.4 Å². The van der Waals surface area contributed by atoms with Gasteiger partial charge in [0.2, 0.25) is 0 Å². The highest BCUT2D eigenvalue weighted by atomic mass is 32.2. The van der Waals surface area contributed by atoms with Crippen LogP contribution in [0.3, 0.4) is 0 Å². The molecule has 0 saturated carbocycles. The Morgan fingerprint density at radius 2 is 2.00 bits per heavy atom. The molecule has 0 saturated heterocycles. The van der Waals surface area contributed by atoms with Crippen LogP contribution in [0, 0.1) is 17.1 Å². The molecule has 1 unspecified atom stereocenters. The summed E-state index contributed by atoms with van der Waals surface area (Å²) >= 11 is 0. The summed E-state index contributed by atoms with van der Waals surface area (Å²) in [5, 5.41) is 8.88. The molecule has 5 nitrogen and oxygen atoms in total. The number of nitriles is 1. The summed E-state index contributed by atoms with van der Waals surface area (Å²) in [5.41, 5.74) is -0.0701. The van der Waals surface area contributed by atoms with Crippen molar-refractivity contribution in [1.82, 2.24) is 0 Å². The van der Waals surface area contributed by atoms with Gasteiger partial charge in [-0.3, -0.25) is 4.72 Å². The Balaban J connectivity index is 2.00. The number of alkyl halides is 3.